The number of aliphatic hydroxyl groups excluding tert-OH is 1. The Balaban J connectivity index is 2.37. The van der Waals surface area contributed by atoms with E-state index >= 15 is 0 Å². The second-order valence-corrected chi connectivity index (χ2v) is 4.98. The first-order chi connectivity index (χ1) is 9.65. The van der Waals surface area contributed by atoms with Gasteiger partial charge in [-0.25, -0.2) is 0 Å². The fourth-order valence-electron chi connectivity index (χ4n) is 2.29. The molecule has 1 aromatic heterocycles. The van der Waals surface area contributed by atoms with Crippen LogP contribution in [0.25, 0.3) is 10.8 Å². The van der Waals surface area contributed by atoms with E-state index in [9.17, 15) is 9.90 Å². The number of benzene rings is 1. The van der Waals surface area contributed by atoms with Crippen LogP contribution in [0.4, 0.5) is 0 Å². The van der Waals surface area contributed by atoms with Gasteiger partial charge in [0.1, 0.15) is 5.69 Å². The molecule has 2 aromatic rings. The summed E-state index contributed by atoms with van der Waals surface area (Å²) in [5.74, 6) is -0.237. The van der Waals surface area contributed by atoms with E-state index in [2.05, 4.69) is 10.3 Å². The summed E-state index contributed by atoms with van der Waals surface area (Å²) >= 11 is 0. The second-order valence-electron chi connectivity index (χ2n) is 4.98. The highest BCUT2D eigenvalue weighted by Gasteiger charge is 2.28. The monoisotopic (exact) mass is 272 g/mol. The van der Waals surface area contributed by atoms with Gasteiger partial charge in [0.15, 0.2) is 0 Å². The lowest BCUT2D eigenvalue weighted by Crippen LogP contribution is -2.50. The lowest BCUT2D eigenvalue weighted by atomic mass is 9.93. The minimum Gasteiger partial charge on any atom is -0.394 e. The van der Waals surface area contributed by atoms with Crippen LogP contribution in [0.3, 0.4) is 0 Å². The van der Waals surface area contributed by atoms with Crippen LogP contribution in [-0.4, -0.2) is 28.1 Å². The first-order valence-corrected chi connectivity index (χ1v) is 6.93. The number of rotatable bonds is 5. The van der Waals surface area contributed by atoms with Crippen LogP contribution in [0.15, 0.2) is 36.5 Å². The predicted molar refractivity (Wildman–Crippen MR) is 79.6 cm³/mol. The van der Waals surface area contributed by atoms with Crippen molar-refractivity contribution < 1.29 is 9.90 Å². The number of nitrogens with one attached hydrogen (secondary N) is 1. The molecule has 4 heteroatoms. The van der Waals surface area contributed by atoms with E-state index in [1.54, 1.807) is 6.20 Å². The summed E-state index contributed by atoms with van der Waals surface area (Å²) in [5.41, 5.74) is -0.168. The number of aromatic nitrogens is 1. The number of amides is 1. The second kappa shape index (κ2) is 6.01. The van der Waals surface area contributed by atoms with Gasteiger partial charge in [-0.05, 0) is 24.3 Å². The zero-order chi connectivity index (χ0) is 14.6. The molecule has 1 aromatic carbocycles. The number of hydrogen-bond donors (Lipinski definition) is 2. The Kier molecular flexibility index (Phi) is 4.35. The Labute approximate surface area is 118 Å². The number of fused-ring (bicyclic) bond motifs is 1. The first-order valence-electron chi connectivity index (χ1n) is 6.93. The maximum absolute atomic E-state index is 12.5. The Morgan fingerprint density at radius 2 is 1.95 bits per heavy atom. The molecule has 0 atom stereocenters. The summed E-state index contributed by atoms with van der Waals surface area (Å²) in [7, 11) is 0. The van der Waals surface area contributed by atoms with Gasteiger partial charge in [-0.3, -0.25) is 9.78 Å². The summed E-state index contributed by atoms with van der Waals surface area (Å²) in [6.07, 6.45) is 2.99. The first kappa shape index (κ1) is 14.5. The Bertz CT molecular complexity index is 593. The van der Waals surface area contributed by atoms with Crippen LogP contribution < -0.4 is 5.32 Å². The van der Waals surface area contributed by atoms with Crippen molar-refractivity contribution >= 4 is 16.7 Å². The van der Waals surface area contributed by atoms with Crippen LogP contribution in [0, 0.1) is 0 Å². The van der Waals surface area contributed by atoms with Crippen LogP contribution in [0.1, 0.15) is 37.2 Å². The predicted octanol–water partition coefficient (Wildman–Crippen LogP) is 2.52. The minimum atomic E-state index is -0.574. The number of carbonyl (C=O) groups excluding carboxylic acids is 1. The fourth-order valence-corrected chi connectivity index (χ4v) is 2.29. The summed E-state index contributed by atoms with van der Waals surface area (Å²) in [5, 5.41) is 14.3. The standard InChI is InChI=1S/C16H20N2O2/c1-3-16(4-2,11-19)18-15(20)14-13-8-6-5-7-12(13)9-10-17-14/h5-10,19H,3-4,11H2,1-2H3,(H,18,20). The molecule has 0 aliphatic carbocycles. The van der Waals surface area contributed by atoms with Crippen molar-refractivity contribution in [3.63, 3.8) is 0 Å². The molecule has 2 N–H and O–H groups in total. The van der Waals surface area contributed by atoms with Gasteiger partial charge in [0.2, 0.25) is 0 Å². The number of carbonyl (C=O) groups is 1. The van der Waals surface area contributed by atoms with Gasteiger partial charge < -0.3 is 10.4 Å². The third-order valence-corrected chi connectivity index (χ3v) is 3.92. The van der Waals surface area contributed by atoms with Gasteiger partial charge in [-0.2, -0.15) is 0 Å². The molecule has 4 nitrogen and oxygen atoms in total. The average molecular weight is 272 g/mol. The Hall–Kier alpha value is -1.94. The van der Waals surface area contributed by atoms with Crippen molar-refractivity contribution in [3.8, 4) is 0 Å². The van der Waals surface area contributed by atoms with Gasteiger partial charge >= 0.3 is 0 Å². The van der Waals surface area contributed by atoms with Gasteiger partial charge in [-0.1, -0.05) is 38.1 Å². The number of aliphatic hydroxyl groups is 1. The molecule has 0 radical (unpaired) electrons. The molecule has 20 heavy (non-hydrogen) atoms. The summed E-state index contributed by atoms with van der Waals surface area (Å²) < 4.78 is 0. The van der Waals surface area contributed by atoms with E-state index in [-0.39, 0.29) is 12.5 Å². The molecule has 0 saturated carbocycles. The molecule has 0 unspecified atom stereocenters. The lowest BCUT2D eigenvalue weighted by molar-refractivity contribution is 0.0814. The van der Waals surface area contributed by atoms with Crippen LogP contribution >= 0.6 is 0 Å². The van der Waals surface area contributed by atoms with E-state index in [0.717, 1.165) is 10.8 Å². The number of pyridine rings is 1. The van der Waals surface area contributed by atoms with Crippen molar-refractivity contribution in [3.05, 3.63) is 42.2 Å². The number of hydrogen-bond acceptors (Lipinski definition) is 3. The van der Waals surface area contributed by atoms with Gasteiger partial charge in [0, 0.05) is 11.6 Å². The van der Waals surface area contributed by atoms with Gasteiger partial charge in [0.05, 0.1) is 12.1 Å². The van der Waals surface area contributed by atoms with Crippen LogP contribution in [-0.2, 0) is 0 Å². The molecule has 0 spiro atoms. The van der Waals surface area contributed by atoms with Crippen molar-refractivity contribution in [2.75, 3.05) is 6.61 Å². The van der Waals surface area contributed by atoms with Gasteiger partial charge in [0.25, 0.3) is 5.91 Å². The topological polar surface area (TPSA) is 62.2 Å². The largest absolute Gasteiger partial charge is 0.394 e. The molecule has 0 aliphatic rings. The zero-order valence-corrected chi connectivity index (χ0v) is 11.9. The third-order valence-electron chi connectivity index (χ3n) is 3.92. The van der Waals surface area contributed by atoms with Crippen molar-refractivity contribution in [2.24, 2.45) is 0 Å². The van der Waals surface area contributed by atoms with E-state index in [1.807, 2.05) is 44.2 Å². The Morgan fingerprint density at radius 1 is 1.25 bits per heavy atom. The molecular weight excluding hydrogens is 252 g/mol. The fraction of sp³-hybridized carbons (Fsp3) is 0.375. The van der Waals surface area contributed by atoms with E-state index in [1.165, 1.54) is 0 Å². The average Bonchev–Trinajstić information content (AvgIpc) is 2.52. The third kappa shape index (κ3) is 2.65. The van der Waals surface area contributed by atoms with Crippen molar-refractivity contribution in [2.45, 2.75) is 32.2 Å². The lowest BCUT2D eigenvalue weighted by Gasteiger charge is -2.30. The quantitative estimate of drug-likeness (QED) is 0.879. The smallest absolute Gasteiger partial charge is 0.271 e. The van der Waals surface area contributed by atoms with Crippen LogP contribution in [0.5, 0.6) is 0 Å². The molecule has 1 heterocycles. The zero-order valence-electron chi connectivity index (χ0n) is 11.9. The maximum atomic E-state index is 12.5. The normalized spacial score (nSPS) is 11.6. The van der Waals surface area contributed by atoms with Crippen LogP contribution in [0.2, 0.25) is 0 Å². The summed E-state index contributed by atoms with van der Waals surface area (Å²) in [4.78, 5) is 16.7. The number of nitrogens with zero attached hydrogens (tertiary/aromatic N) is 1. The van der Waals surface area contributed by atoms with E-state index in [0.29, 0.717) is 18.5 Å². The summed E-state index contributed by atoms with van der Waals surface area (Å²) in [6.45, 7) is 3.84. The Morgan fingerprint density at radius 3 is 2.60 bits per heavy atom. The maximum Gasteiger partial charge on any atom is 0.271 e. The highest BCUT2D eigenvalue weighted by atomic mass is 16.3. The highest BCUT2D eigenvalue weighted by Crippen LogP contribution is 2.19. The molecule has 1 amide bonds. The molecule has 0 fully saturated rings. The minimum absolute atomic E-state index is 0.0729. The molecule has 0 aliphatic heterocycles. The van der Waals surface area contributed by atoms with Crippen molar-refractivity contribution in [1.29, 1.82) is 0 Å². The van der Waals surface area contributed by atoms with Crippen molar-refractivity contribution in [1.82, 2.24) is 10.3 Å². The molecule has 0 saturated heterocycles. The van der Waals surface area contributed by atoms with Gasteiger partial charge in [-0.15, -0.1) is 0 Å². The molecule has 2 rings (SSSR count). The van der Waals surface area contributed by atoms with E-state index < -0.39 is 5.54 Å². The summed E-state index contributed by atoms with van der Waals surface area (Å²) in [6, 6.07) is 9.54. The molecular formula is C16H20N2O2. The molecule has 0 bridgehead atoms. The highest BCUT2D eigenvalue weighted by molar-refractivity contribution is 6.05. The molecule has 106 valence electrons. The SMILES string of the molecule is CCC(CC)(CO)NC(=O)c1nccc2ccccc12. The van der Waals surface area contributed by atoms with E-state index in [4.69, 9.17) is 0 Å².